The summed E-state index contributed by atoms with van der Waals surface area (Å²) in [5.74, 6) is 0. The third-order valence-electron chi connectivity index (χ3n) is 8.92. The molecule has 0 saturated heterocycles. The first-order valence-electron chi connectivity index (χ1n) is 18.0. The third kappa shape index (κ3) is 20.3. The van der Waals surface area contributed by atoms with Crippen LogP contribution in [0.15, 0.2) is 12.4 Å². The average molecular weight is 533 g/mol. The van der Waals surface area contributed by atoms with E-state index in [2.05, 4.69) is 43.0 Å². The van der Waals surface area contributed by atoms with E-state index < -0.39 is 0 Å². The molecule has 0 saturated carbocycles. The van der Waals surface area contributed by atoms with Gasteiger partial charge in [0.1, 0.15) is 6.17 Å². The molecular formula is C36H72N2. The second kappa shape index (κ2) is 27.9. The van der Waals surface area contributed by atoms with Crippen LogP contribution in [0.25, 0.3) is 0 Å². The second-order valence-corrected chi connectivity index (χ2v) is 12.5. The van der Waals surface area contributed by atoms with Gasteiger partial charge in [-0.15, -0.1) is 0 Å². The van der Waals surface area contributed by atoms with E-state index in [9.17, 15) is 0 Å². The molecule has 1 aliphatic rings. The molecule has 226 valence electrons. The molecule has 38 heavy (non-hydrogen) atoms. The van der Waals surface area contributed by atoms with Gasteiger partial charge >= 0.3 is 0 Å². The standard InChI is InChI=1S/C36H72N2/c1-4-7-9-11-13-15-17-18-19-20-21-23-25-27-29-31-33-38-35-34-37(6-3)36(38)32-30-28-26-24-22-16-14-12-10-8-5-2/h34-36H,4-33H2,1-3H3. The zero-order valence-electron chi connectivity index (χ0n) is 26.8. The van der Waals surface area contributed by atoms with E-state index in [1.165, 1.54) is 186 Å². The fourth-order valence-electron chi connectivity index (χ4n) is 6.27. The predicted molar refractivity (Wildman–Crippen MR) is 173 cm³/mol. The first kappa shape index (κ1) is 35.4. The van der Waals surface area contributed by atoms with Gasteiger partial charge in [-0.25, -0.2) is 0 Å². The van der Waals surface area contributed by atoms with Crippen molar-refractivity contribution in [2.24, 2.45) is 0 Å². The van der Waals surface area contributed by atoms with Crippen molar-refractivity contribution < 1.29 is 0 Å². The van der Waals surface area contributed by atoms with Crippen molar-refractivity contribution in [1.29, 1.82) is 0 Å². The number of nitrogens with zero attached hydrogens (tertiary/aromatic N) is 2. The van der Waals surface area contributed by atoms with E-state index in [0.29, 0.717) is 6.17 Å². The number of hydrogen-bond acceptors (Lipinski definition) is 2. The average Bonchev–Trinajstić information content (AvgIpc) is 3.33. The van der Waals surface area contributed by atoms with E-state index >= 15 is 0 Å². The van der Waals surface area contributed by atoms with Crippen molar-refractivity contribution in [3.8, 4) is 0 Å². The van der Waals surface area contributed by atoms with E-state index in [1.807, 2.05) is 0 Å². The number of rotatable bonds is 30. The smallest absolute Gasteiger partial charge is 0.101 e. The minimum absolute atomic E-state index is 0.634. The molecule has 1 rings (SSSR count). The van der Waals surface area contributed by atoms with Gasteiger partial charge in [-0.2, -0.15) is 0 Å². The first-order chi connectivity index (χ1) is 18.8. The summed E-state index contributed by atoms with van der Waals surface area (Å²) in [5.41, 5.74) is 0. The van der Waals surface area contributed by atoms with Crippen LogP contribution in [0.4, 0.5) is 0 Å². The summed E-state index contributed by atoms with van der Waals surface area (Å²) >= 11 is 0. The van der Waals surface area contributed by atoms with E-state index in [1.54, 1.807) is 0 Å². The predicted octanol–water partition coefficient (Wildman–Crippen LogP) is 12.4. The van der Waals surface area contributed by atoms with E-state index in [-0.39, 0.29) is 0 Å². The summed E-state index contributed by atoms with van der Waals surface area (Å²) < 4.78 is 0. The van der Waals surface area contributed by atoms with Crippen LogP contribution < -0.4 is 0 Å². The Kier molecular flexibility index (Phi) is 26.0. The van der Waals surface area contributed by atoms with Crippen LogP contribution in [0, 0.1) is 0 Å². The molecule has 1 unspecified atom stereocenters. The Hall–Kier alpha value is -0.660. The van der Waals surface area contributed by atoms with Crippen LogP contribution in [-0.2, 0) is 0 Å². The van der Waals surface area contributed by atoms with Crippen molar-refractivity contribution in [2.75, 3.05) is 13.1 Å². The molecule has 0 radical (unpaired) electrons. The van der Waals surface area contributed by atoms with Gasteiger partial charge < -0.3 is 9.80 Å². The van der Waals surface area contributed by atoms with Crippen molar-refractivity contribution in [3.63, 3.8) is 0 Å². The lowest BCUT2D eigenvalue weighted by molar-refractivity contribution is 0.142. The van der Waals surface area contributed by atoms with Crippen molar-refractivity contribution >= 4 is 0 Å². The van der Waals surface area contributed by atoms with E-state index in [0.717, 1.165) is 6.54 Å². The zero-order valence-corrected chi connectivity index (χ0v) is 26.8. The van der Waals surface area contributed by atoms with Gasteiger partial charge in [0.15, 0.2) is 0 Å². The Labute approximate surface area is 241 Å². The Morgan fingerprint density at radius 2 is 0.684 bits per heavy atom. The molecule has 2 nitrogen and oxygen atoms in total. The summed E-state index contributed by atoms with van der Waals surface area (Å²) in [5, 5.41) is 0. The summed E-state index contributed by atoms with van der Waals surface area (Å²) in [6.45, 7) is 9.34. The number of hydrogen-bond donors (Lipinski definition) is 0. The quantitative estimate of drug-likeness (QED) is 0.0848. The fourth-order valence-corrected chi connectivity index (χ4v) is 6.27. The molecule has 2 heteroatoms. The van der Waals surface area contributed by atoms with Crippen LogP contribution in [0.1, 0.15) is 201 Å². The molecule has 1 heterocycles. The summed E-state index contributed by atoms with van der Waals surface area (Å²) in [6.07, 6.45) is 45.8. The summed E-state index contributed by atoms with van der Waals surface area (Å²) in [4.78, 5) is 5.23. The van der Waals surface area contributed by atoms with Gasteiger partial charge in [0.25, 0.3) is 0 Å². The lowest BCUT2D eigenvalue weighted by atomic mass is 10.0. The molecular weight excluding hydrogens is 460 g/mol. The van der Waals surface area contributed by atoms with Crippen molar-refractivity contribution in [2.45, 2.75) is 207 Å². The highest BCUT2D eigenvalue weighted by atomic mass is 15.4. The van der Waals surface area contributed by atoms with Gasteiger partial charge in [0.05, 0.1) is 0 Å². The van der Waals surface area contributed by atoms with Crippen molar-refractivity contribution in [1.82, 2.24) is 9.80 Å². The molecule has 0 aliphatic carbocycles. The molecule has 1 atom stereocenters. The van der Waals surface area contributed by atoms with Gasteiger partial charge in [0, 0.05) is 25.5 Å². The maximum absolute atomic E-state index is 2.66. The highest BCUT2D eigenvalue weighted by Crippen LogP contribution is 2.23. The van der Waals surface area contributed by atoms with E-state index in [4.69, 9.17) is 0 Å². The summed E-state index contributed by atoms with van der Waals surface area (Å²) in [6, 6.07) is 0. The molecule has 0 bridgehead atoms. The molecule has 0 N–H and O–H groups in total. The highest BCUT2D eigenvalue weighted by Gasteiger charge is 2.23. The van der Waals surface area contributed by atoms with Gasteiger partial charge in [-0.05, 0) is 26.2 Å². The largest absolute Gasteiger partial charge is 0.356 e. The first-order valence-corrected chi connectivity index (χ1v) is 18.0. The van der Waals surface area contributed by atoms with Crippen LogP contribution in [0.2, 0.25) is 0 Å². The van der Waals surface area contributed by atoms with Gasteiger partial charge in [-0.1, -0.05) is 174 Å². The Bertz CT molecular complexity index is 488. The minimum atomic E-state index is 0.634. The normalized spacial score (nSPS) is 15.3. The van der Waals surface area contributed by atoms with Crippen LogP contribution in [0.5, 0.6) is 0 Å². The molecule has 0 fully saturated rings. The molecule has 1 aliphatic heterocycles. The lowest BCUT2D eigenvalue weighted by Crippen LogP contribution is -2.38. The van der Waals surface area contributed by atoms with Crippen molar-refractivity contribution in [3.05, 3.63) is 12.4 Å². The zero-order chi connectivity index (χ0) is 27.4. The molecule has 0 aromatic carbocycles. The minimum Gasteiger partial charge on any atom is -0.356 e. The Morgan fingerprint density at radius 3 is 1.05 bits per heavy atom. The van der Waals surface area contributed by atoms with Crippen LogP contribution in [0.3, 0.4) is 0 Å². The SMILES string of the molecule is CCCCCCCCCCCCCCCCCCN1C=CN(CC)C1CCCCCCCCCCCCC. The van der Waals surface area contributed by atoms with Crippen LogP contribution >= 0.6 is 0 Å². The molecule has 0 amide bonds. The monoisotopic (exact) mass is 533 g/mol. The van der Waals surface area contributed by atoms with Gasteiger partial charge in [0.2, 0.25) is 0 Å². The maximum atomic E-state index is 2.66. The molecule has 0 aromatic rings. The topological polar surface area (TPSA) is 6.48 Å². The number of unbranched alkanes of at least 4 members (excludes halogenated alkanes) is 25. The second-order valence-electron chi connectivity index (χ2n) is 12.5. The Morgan fingerprint density at radius 1 is 0.368 bits per heavy atom. The third-order valence-corrected chi connectivity index (χ3v) is 8.92. The maximum Gasteiger partial charge on any atom is 0.101 e. The van der Waals surface area contributed by atoms with Gasteiger partial charge in [-0.3, -0.25) is 0 Å². The summed E-state index contributed by atoms with van der Waals surface area (Å²) in [7, 11) is 0. The Balaban J connectivity index is 1.93. The lowest BCUT2D eigenvalue weighted by Gasteiger charge is -2.32. The fraction of sp³-hybridized carbons (Fsp3) is 0.944. The van der Waals surface area contributed by atoms with Crippen LogP contribution in [-0.4, -0.2) is 29.1 Å². The molecule has 0 aromatic heterocycles. The molecule has 0 spiro atoms. The highest BCUT2D eigenvalue weighted by molar-refractivity contribution is 4.96.